The van der Waals surface area contributed by atoms with Crippen LogP contribution in [0.25, 0.3) is 0 Å². The minimum atomic E-state index is -4.50. The number of carbonyl (C=O) groups is 1. The molecule has 1 unspecified atom stereocenters. The second-order valence-corrected chi connectivity index (χ2v) is 10.4. The van der Waals surface area contributed by atoms with Gasteiger partial charge in [0.15, 0.2) is 0 Å². The first-order valence-electron chi connectivity index (χ1n) is 12.9. The Bertz CT molecular complexity index is 1110. The van der Waals surface area contributed by atoms with Crippen molar-refractivity contribution in [3.63, 3.8) is 0 Å². The van der Waals surface area contributed by atoms with Crippen LogP contribution in [0.3, 0.4) is 0 Å². The molecule has 3 heterocycles. The van der Waals surface area contributed by atoms with Gasteiger partial charge in [-0.25, -0.2) is 4.39 Å². The quantitative estimate of drug-likeness (QED) is 0.568. The van der Waals surface area contributed by atoms with E-state index in [9.17, 15) is 22.4 Å². The van der Waals surface area contributed by atoms with E-state index >= 15 is 0 Å². The largest absolute Gasteiger partial charge is 0.488 e. The summed E-state index contributed by atoms with van der Waals surface area (Å²) in [6, 6.07) is 9.99. The second kappa shape index (κ2) is 10.6. The number of benzene rings is 2. The normalized spacial score (nSPS) is 23.8. The highest BCUT2D eigenvalue weighted by molar-refractivity contribution is 5.79. The third kappa shape index (κ3) is 5.62. The Hall–Kier alpha value is -2.65. The molecule has 1 spiro atoms. The molecule has 5 nitrogen and oxygen atoms in total. The van der Waals surface area contributed by atoms with Gasteiger partial charge in [-0.05, 0) is 54.5 Å². The molecule has 3 fully saturated rings. The molecule has 37 heavy (non-hydrogen) atoms. The van der Waals surface area contributed by atoms with Gasteiger partial charge < -0.3 is 19.7 Å². The van der Waals surface area contributed by atoms with Crippen molar-refractivity contribution >= 4 is 5.91 Å². The Kier molecular flexibility index (Phi) is 7.45. The smallest absolute Gasteiger partial charge is 0.416 e. The summed E-state index contributed by atoms with van der Waals surface area (Å²) in [5.74, 6) is -0.0210. The molecule has 3 aliphatic rings. The summed E-state index contributed by atoms with van der Waals surface area (Å²) >= 11 is 0. The fraction of sp³-hybridized carbons (Fsp3) is 0.536. The number of halogens is 4. The molecule has 1 amide bonds. The van der Waals surface area contributed by atoms with E-state index in [1.807, 2.05) is 6.07 Å². The highest BCUT2D eigenvalue weighted by Crippen LogP contribution is 2.50. The van der Waals surface area contributed by atoms with Gasteiger partial charge in [0.2, 0.25) is 5.91 Å². The predicted octanol–water partition coefficient (Wildman–Crippen LogP) is 4.94. The van der Waals surface area contributed by atoms with Gasteiger partial charge in [0, 0.05) is 38.0 Å². The number of hydrogen-bond donors (Lipinski definition) is 1. The summed E-state index contributed by atoms with van der Waals surface area (Å²) in [6.45, 7) is 3.64. The van der Waals surface area contributed by atoms with Crippen LogP contribution in [-0.2, 0) is 22.1 Å². The Morgan fingerprint density at radius 2 is 1.92 bits per heavy atom. The zero-order chi connectivity index (χ0) is 26.0. The molecule has 0 aliphatic carbocycles. The average molecular weight is 521 g/mol. The molecule has 2 aromatic rings. The maximum Gasteiger partial charge on any atom is 0.416 e. The van der Waals surface area contributed by atoms with Crippen LogP contribution in [0.2, 0.25) is 0 Å². The molecular weight excluding hydrogens is 488 g/mol. The summed E-state index contributed by atoms with van der Waals surface area (Å²) in [7, 11) is 0. The number of rotatable bonds is 5. The molecule has 200 valence electrons. The minimum Gasteiger partial charge on any atom is -0.488 e. The van der Waals surface area contributed by atoms with Crippen molar-refractivity contribution in [2.45, 2.75) is 50.3 Å². The van der Waals surface area contributed by atoms with Gasteiger partial charge in [0.05, 0.1) is 25.2 Å². The standard InChI is InChI=1S/C28H32F4N2O3/c29-20-5-6-22(25(16-20)37-21-7-14-36-18-21)24-17-33-11-8-27(24)9-12-34(13-10-27)26(35)15-19-3-1-2-4-23(19)28(30,31)32/h1-6,16,21,24,33H,7-15,17-18H2/t21-,24?/m1/s1. The molecule has 0 aromatic heterocycles. The molecule has 9 heteroatoms. The van der Waals surface area contributed by atoms with Crippen LogP contribution in [0.4, 0.5) is 17.6 Å². The van der Waals surface area contributed by atoms with E-state index in [0.29, 0.717) is 32.1 Å². The van der Waals surface area contributed by atoms with Gasteiger partial charge in [-0.1, -0.05) is 24.3 Å². The van der Waals surface area contributed by atoms with Gasteiger partial charge in [0.1, 0.15) is 17.7 Å². The van der Waals surface area contributed by atoms with Gasteiger partial charge >= 0.3 is 6.18 Å². The lowest BCUT2D eigenvalue weighted by Crippen LogP contribution is -2.51. The zero-order valence-electron chi connectivity index (χ0n) is 20.7. The molecule has 3 aliphatic heterocycles. The second-order valence-electron chi connectivity index (χ2n) is 10.4. The lowest BCUT2D eigenvalue weighted by molar-refractivity contribution is -0.139. The SMILES string of the molecule is O=C(Cc1ccccc1C(F)(F)F)N1CCC2(CCNCC2c2ccc(F)cc2O[C@@H]2CCOC2)CC1. The number of carbonyl (C=O) groups excluding carboxylic acids is 1. The van der Waals surface area contributed by atoms with E-state index in [1.165, 1.54) is 30.3 Å². The fourth-order valence-corrected chi connectivity index (χ4v) is 6.12. The number of nitrogens with zero attached hydrogens (tertiary/aromatic N) is 1. The lowest BCUT2D eigenvalue weighted by Gasteiger charge is -2.50. The van der Waals surface area contributed by atoms with Crippen molar-refractivity contribution in [1.82, 2.24) is 10.2 Å². The third-order valence-electron chi connectivity index (χ3n) is 8.20. The number of piperidine rings is 2. The maximum atomic E-state index is 14.2. The van der Waals surface area contributed by atoms with Crippen LogP contribution in [-0.4, -0.2) is 56.3 Å². The summed E-state index contributed by atoms with van der Waals surface area (Å²) in [4.78, 5) is 14.7. The Morgan fingerprint density at radius 1 is 1.14 bits per heavy atom. The topological polar surface area (TPSA) is 50.8 Å². The van der Waals surface area contributed by atoms with E-state index in [1.54, 1.807) is 4.90 Å². The first-order chi connectivity index (χ1) is 17.7. The molecule has 0 radical (unpaired) electrons. The number of hydrogen-bond acceptors (Lipinski definition) is 4. The summed E-state index contributed by atoms with van der Waals surface area (Å²) in [5, 5.41) is 3.47. The van der Waals surface area contributed by atoms with Gasteiger partial charge in [-0.15, -0.1) is 0 Å². The molecule has 2 aromatic carbocycles. The van der Waals surface area contributed by atoms with Crippen molar-refractivity contribution in [2.75, 3.05) is 39.4 Å². The first-order valence-corrected chi connectivity index (χ1v) is 12.9. The van der Waals surface area contributed by atoms with Crippen molar-refractivity contribution in [1.29, 1.82) is 0 Å². The molecule has 2 atom stereocenters. The molecule has 0 saturated carbocycles. The van der Waals surface area contributed by atoms with Crippen LogP contribution in [0.1, 0.15) is 48.3 Å². The highest BCUT2D eigenvalue weighted by Gasteiger charge is 2.45. The van der Waals surface area contributed by atoms with Crippen molar-refractivity contribution < 1.29 is 31.8 Å². The summed E-state index contributed by atoms with van der Waals surface area (Å²) < 4.78 is 66.0. The lowest BCUT2D eigenvalue weighted by atomic mass is 9.62. The molecule has 5 rings (SSSR count). The number of amides is 1. The van der Waals surface area contributed by atoms with E-state index < -0.39 is 11.7 Å². The number of alkyl halides is 3. The van der Waals surface area contributed by atoms with Gasteiger partial charge in [-0.3, -0.25) is 4.79 Å². The molecule has 1 N–H and O–H groups in total. The Balaban J connectivity index is 1.31. The monoisotopic (exact) mass is 520 g/mol. The third-order valence-corrected chi connectivity index (χ3v) is 8.20. The van der Waals surface area contributed by atoms with Crippen LogP contribution in [0.5, 0.6) is 5.75 Å². The molecule has 0 bridgehead atoms. The van der Waals surface area contributed by atoms with Crippen molar-refractivity contribution in [3.8, 4) is 5.75 Å². The minimum absolute atomic E-state index is 0.00373. The Morgan fingerprint density at radius 3 is 2.65 bits per heavy atom. The first kappa shape index (κ1) is 26.0. The van der Waals surface area contributed by atoms with Crippen LogP contribution in [0, 0.1) is 11.2 Å². The highest BCUT2D eigenvalue weighted by atomic mass is 19.4. The van der Waals surface area contributed by atoms with Gasteiger partial charge in [0.25, 0.3) is 0 Å². The van der Waals surface area contributed by atoms with Crippen LogP contribution < -0.4 is 10.1 Å². The van der Waals surface area contributed by atoms with Crippen LogP contribution >= 0.6 is 0 Å². The fourth-order valence-electron chi connectivity index (χ4n) is 6.12. The Labute approximate surface area is 214 Å². The predicted molar refractivity (Wildman–Crippen MR) is 130 cm³/mol. The van der Waals surface area contributed by atoms with Crippen molar-refractivity contribution in [2.24, 2.45) is 5.41 Å². The van der Waals surface area contributed by atoms with E-state index in [2.05, 4.69) is 5.32 Å². The molecular formula is C28H32F4N2O3. The molecule has 3 saturated heterocycles. The van der Waals surface area contributed by atoms with E-state index in [-0.39, 0.29) is 41.1 Å². The van der Waals surface area contributed by atoms with E-state index in [4.69, 9.17) is 9.47 Å². The van der Waals surface area contributed by atoms with Crippen LogP contribution in [0.15, 0.2) is 42.5 Å². The maximum absolute atomic E-state index is 14.2. The van der Waals surface area contributed by atoms with E-state index in [0.717, 1.165) is 50.4 Å². The zero-order valence-corrected chi connectivity index (χ0v) is 20.7. The number of nitrogens with one attached hydrogen (secondary N) is 1. The number of likely N-dealkylation sites (tertiary alicyclic amines) is 1. The van der Waals surface area contributed by atoms with Gasteiger partial charge in [-0.2, -0.15) is 13.2 Å². The number of ether oxygens (including phenoxy) is 2. The summed E-state index contributed by atoms with van der Waals surface area (Å²) in [6.07, 6.45) is -1.74. The van der Waals surface area contributed by atoms with Crippen molar-refractivity contribution in [3.05, 3.63) is 65.0 Å². The average Bonchev–Trinajstić information content (AvgIpc) is 3.38. The summed E-state index contributed by atoms with van der Waals surface area (Å²) in [5.41, 5.74) is 0.101.